The van der Waals surface area contributed by atoms with Gasteiger partial charge in [0.2, 0.25) is 0 Å². The van der Waals surface area contributed by atoms with E-state index in [1.54, 1.807) is 13.2 Å². The summed E-state index contributed by atoms with van der Waals surface area (Å²) >= 11 is 6.19. The second-order valence-corrected chi connectivity index (χ2v) is 9.59. The highest BCUT2D eigenvalue weighted by Crippen LogP contribution is 2.54. The predicted octanol–water partition coefficient (Wildman–Crippen LogP) is 7.00. The van der Waals surface area contributed by atoms with Crippen molar-refractivity contribution in [1.82, 2.24) is 0 Å². The van der Waals surface area contributed by atoms with Gasteiger partial charge >= 0.3 is 5.97 Å². The molecule has 0 radical (unpaired) electrons. The zero-order valence-electron chi connectivity index (χ0n) is 21.1. The molecule has 0 unspecified atom stereocenters. The highest BCUT2D eigenvalue weighted by Gasteiger charge is 2.42. The van der Waals surface area contributed by atoms with E-state index in [0.29, 0.717) is 16.5 Å². The van der Waals surface area contributed by atoms with Gasteiger partial charge in [0.25, 0.3) is 0 Å². The van der Waals surface area contributed by atoms with Gasteiger partial charge in [-0.3, -0.25) is 0 Å². The van der Waals surface area contributed by atoms with Crippen LogP contribution >= 0.6 is 11.6 Å². The summed E-state index contributed by atoms with van der Waals surface area (Å²) in [6.07, 6.45) is 0.0201. The fourth-order valence-electron chi connectivity index (χ4n) is 4.95. The number of carbonyl (C=O) groups is 1. The summed E-state index contributed by atoms with van der Waals surface area (Å²) in [5, 5.41) is 9.94. The Bertz CT molecular complexity index is 1240. The molecule has 1 saturated heterocycles. The second kappa shape index (κ2) is 11.7. The van der Waals surface area contributed by atoms with Crippen LogP contribution in [0.25, 0.3) is 0 Å². The topological polar surface area (TPSA) is 74.2 Å². The Morgan fingerprint density at radius 1 is 1.00 bits per heavy atom. The molecule has 4 rings (SSSR count). The molecule has 0 spiro atoms. The summed E-state index contributed by atoms with van der Waals surface area (Å²) in [7, 11) is 3.17. The van der Waals surface area contributed by atoms with Crippen molar-refractivity contribution >= 4 is 17.6 Å². The van der Waals surface area contributed by atoms with Gasteiger partial charge in [0.15, 0.2) is 18.1 Å². The van der Waals surface area contributed by atoms with E-state index in [0.717, 1.165) is 34.4 Å². The largest absolute Gasteiger partial charge is 0.497 e. The van der Waals surface area contributed by atoms with Crippen LogP contribution in [0.1, 0.15) is 48.2 Å². The average Bonchev–Trinajstić information content (AvgIpc) is 2.91. The average molecular weight is 523 g/mol. The van der Waals surface area contributed by atoms with Crippen LogP contribution in [0.5, 0.6) is 17.2 Å². The van der Waals surface area contributed by atoms with Crippen LogP contribution in [0, 0.1) is 5.92 Å². The molecule has 0 bridgehead atoms. The van der Waals surface area contributed by atoms with Gasteiger partial charge in [-0.2, -0.15) is 0 Å². The van der Waals surface area contributed by atoms with Crippen molar-refractivity contribution in [2.45, 2.75) is 31.5 Å². The Balaban J connectivity index is 1.81. The third-order valence-electron chi connectivity index (χ3n) is 6.78. The Morgan fingerprint density at radius 2 is 1.68 bits per heavy atom. The Hall–Kier alpha value is -3.48. The van der Waals surface area contributed by atoms with E-state index in [-0.39, 0.29) is 17.9 Å². The molecule has 6 nitrogen and oxygen atoms in total. The molecule has 0 saturated carbocycles. The van der Waals surface area contributed by atoms with Gasteiger partial charge in [0.1, 0.15) is 5.75 Å². The van der Waals surface area contributed by atoms with E-state index in [9.17, 15) is 9.90 Å². The van der Waals surface area contributed by atoms with Gasteiger partial charge in [0.05, 0.1) is 26.4 Å². The van der Waals surface area contributed by atoms with E-state index in [1.807, 2.05) is 67.6 Å². The normalized spacial score (nSPS) is 21.2. The zero-order chi connectivity index (χ0) is 26.5. The standard InChI is InChI=1S/C30H31ClO6/c1-18(2)24-16-25(19-8-12-21(31)13-9-19)28(20-10-14-22(34-3)15-11-20)37-29(24)23-6-5-7-26(35-4)30(23)36-17-27(32)33/h5-15,24-25,28-29H,1,16-17H2,2-4H3,(H,32,33)/t24-,25-,28+,29-/m1/s1. The second-order valence-electron chi connectivity index (χ2n) is 9.16. The lowest BCUT2D eigenvalue weighted by atomic mass is 9.74. The van der Waals surface area contributed by atoms with Crippen LogP contribution in [-0.2, 0) is 9.53 Å². The first-order chi connectivity index (χ1) is 17.8. The van der Waals surface area contributed by atoms with Gasteiger partial charge in [-0.05, 0) is 54.8 Å². The number of ether oxygens (including phenoxy) is 4. The maximum Gasteiger partial charge on any atom is 0.341 e. The number of carboxylic acid groups (broad SMARTS) is 1. The fraction of sp³-hybridized carbons (Fsp3) is 0.300. The minimum Gasteiger partial charge on any atom is -0.497 e. The number of methoxy groups -OCH3 is 2. The first-order valence-electron chi connectivity index (χ1n) is 12.0. The Kier molecular flexibility index (Phi) is 8.41. The molecule has 0 amide bonds. The van der Waals surface area contributed by atoms with Crippen molar-refractivity contribution in [3.63, 3.8) is 0 Å². The molecule has 7 heteroatoms. The fourth-order valence-corrected chi connectivity index (χ4v) is 5.08. The Labute approximate surface area is 222 Å². The molecule has 1 aliphatic heterocycles. The van der Waals surface area contributed by atoms with Crippen LogP contribution in [-0.4, -0.2) is 31.9 Å². The number of benzene rings is 3. The smallest absolute Gasteiger partial charge is 0.341 e. The highest BCUT2D eigenvalue weighted by atomic mass is 35.5. The van der Waals surface area contributed by atoms with E-state index >= 15 is 0 Å². The molecule has 194 valence electrons. The maximum atomic E-state index is 11.3. The summed E-state index contributed by atoms with van der Waals surface area (Å²) in [5.41, 5.74) is 3.80. The van der Waals surface area contributed by atoms with Gasteiger partial charge in [-0.1, -0.05) is 60.2 Å². The van der Waals surface area contributed by atoms with Crippen molar-refractivity contribution < 1.29 is 28.8 Å². The first kappa shape index (κ1) is 26.6. The third kappa shape index (κ3) is 5.92. The molecule has 1 fully saturated rings. The number of hydrogen-bond donors (Lipinski definition) is 1. The number of hydrogen-bond acceptors (Lipinski definition) is 5. The molecular weight excluding hydrogens is 492 g/mol. The van der Waals surface area contributed by atoms with Crippen molar-refractivity contribution in [2.75, 3.05) is 20.8 Å². The Morgan fingerprint density at radius 3 is 2.27 bits per heavy atom. The summed E-state index contributed by atoms with van der Waals surface area (Å²) in [6, 6.07) is 21.2. The summed E-state index contributed by atoms with van der Waals surface area (Å²) in [4.78, 5) is 11.3. The molecule has 4 atom stereocenters. The van der Waals surface area contributed by atoms with Gasteiger partial charge in [0, 0.05) is 22.4 Å². The van der Waals surface area contributed by atoms with Gasteiger partial charge in [-0.15, -0.1) is 0 Å². The highest BCUT2D eigenvalue weighted by molar-refractivity contribution is 6.30. The maximum absolute atomic E-state index is 11.3. The minimum absolute atomic E-state index is 0.0256. The quantitative estimate of drug-likeness (QED) is 0.305. The minimum atomic E-state index is -1.07. The first-order valence-corrected chi connectivity index (χ1v) is 12.4. The summed E-state index contributed by atoms with van der Waals surface area (Å²) in [6.45, 7) is 5.78. The van der Waals surface area contributed by atoms with Crippen LogP contribution < -0.4 is 14.2 Å². The van der Waals surface area contributed by atoms with Gasteiger partial charge in [-0.25, -0.2) is 4.79 Å². The van der Waals surface area contributed by atoms with Crippen LogP contribution in [0.15, 0.2) is 78.9 Å². The molecule has 0 aliphatic carbocycles. The van der Waals surface area contributed by atoms with Crippen molar-refractivity contribution in [1.29, 1.82) is 0 Å². The third-order valence-corrected chi connectivity index (χ3v) is 7.04. The lowest BCUT2D eigenvalue weighted by molar-refractivity contribution is -0.139. The monoisotopic (exact) mass is 522 g/mol. The molecule has 3 aromatic carbocycles. The summed E-state index contributed by atoms with van der Waals surface area (Å²) in [5.74, 6) is 0.464. The van der Waals surface area contributed by atoms with Crippen molar-refractivity contribution in [3.8, 4) is 17.2 Å². The molecule has 37 heavy (non-hydrogen) atoms. The molecule has 1 aliphatic rings. The lowest BCUT2D eigenvalue weighted by Crippen LogP contribution is -2.32. The number of para-hydroxylation sites is 1. The van der Waals surface area contributed by atoms with E-state index < -0.39 is 18.7 Å². The number of aliphatic carboxylic acids is 1. The summed E-state index contributed by atoms with van der Waals surface area (Å²) < 4.78 is 23.5. The lowest BCUT2D eigenvalue weighted by Gasteiger charge is -2.43. The van der Waals surface area contributed by atoms with Crippen molar-refractivity contribution in [3.05, 3.63) is 101 Å². The van der Waals surface area contributed by atoms with Gasteiger partial charge < -0.3 is 24.1 Å². The van der Waals surface area contributed by atoms with Crippen LogP contribution in [0.4, 0.5) is 0 Å². The zero-order valence-corrected chi connectivity index (χ0v) is 21.9. The predicted molar refractivity (Wildman–Crippen MR) is 143 cm³/mol. The molecule has 1 heterocycles. The number of carboxylic acids is 1. The molecule has 1 N–H and O–H groups in total. The SMILES string of the molecule is C=C(C)[C@H]1C[C@H](c2ccc(Cl)cc2)[C@H](c2ccc(OC)cc2)O[C@@H]1c1cccc(OC)c1OCC(=O)O. The van der Waals surface area contributed by atoms with Crippen LogP contribution in [0.2, 0.25) is 5.02 Å². The van der Waals surface area contributed by atoms with E-state index in [2.05, 4.69) is 6.58 Å². The van der Waals surface area contributed by atoms with E-state index in [1.165, 1.54) is 7.11 Å². The van der Waals surface area contributed by atoms with Crippen LogP contribution in [0.3, 0.4) is 0 Å². The number of halogens is 1. The van der Waals surface area contributed by atoms with Crippen molar-refractivity contribution in [2.24, 2.45) is 5.92 Å². The molecule has 3 aromatic rings. The van der Waals surface area contributed by atoms with E-state index in [4.69, 9.17) is 30.5 Å². The number of rotatable bonds is 9. The molecular formula is C30H31ClO6. The molecule has 0 aromatic heterocycles.